The summed E-state index contributed by atoms with van der Waals surface area (Å²) in [6.07, 6.45) is 5.37. The van der Waals surface area contributed by atoms with Crippen LogP contribution in [0.15, 0.2) is 39.8 Å². The van der Waals surface area contributed by atoms with Gasteiger partial charge in [0.2, 0.25) is 5.95 Å². The first-order valence-electron chi connectivity index (χ1n) is 8.34. The third-order valence-corrected chi connectivity index (χ3v) is 4.17. The van der Waals surface area contributed by atoms with Crippen LogP contribution in [0.3, 0.4) is 0 Å². The first-order chi connectivity index (χ1) is 12.1. The van der Waals surface area contributed by atoms with Crippen molar-refractivity contribution in [3.8, 4) is 22.6 Å². The summed E-state index contributed by atoms with van der Waals surface area (Å²) in [4.78, 5) is 11.5. The standard InChI is InChI=1S/C18H20N4O3/c1-11-6-16(25-21-11)15-7-19-18(20-17(15)14-4-5-23-10-14)22-8-12(2)24-13(3)9-22/h4-7,10,12-13H,8-9H2,1-3H3/t12-,13-/m0/s1. The predicted octanol–water partition coefficient (Wildman–Crippen LogP) is 3.31. The van der Waals surface area contributed by atoms with Crippen molar-refractivity contribution in [2.24, 2.45) is 0 Å². The van der Waals surface area contributed by atoms with E-state index >= 15 is 0 Å². The number of anilines is 1. The fourth-order valence-corrected chi connectivity index (χ4v) is 3.16. The van der Waals surface area contributed by atoms with Gasteiger partial charge >= 0.3 is 0 Å². The maximum absolute atomic E-state index is 5.80. The SMILES string of the molecule is Cc1cc(-c2cnc(N3C[C@H](C)O[C@@H](C)C3)nc2-c2ccoc2)on1. The van der Waals surface area contributed by atoms with Crippen molar-refractivity contribution in [3.63, 3.8) is 0 Å². The molecule has 0 bridgehead atoms. The average Bonchev–Trinajstić information content (AvgIpc) is 3.25. The minimum Gasteiger partial charge on any atom is -0.472 e. The van der Waals surface area contributed by atoms with Gasteiger partial charge in [0.1, 0.15) is 0 Å². The molecule has 0 amide bonds. The second-order valence-corrected chi connectivity index (χ2v) is 6.44. The van der Waals surface area contributed by atoms with Crippen LogP contribution in [0.5, 0.6) is 0 Å². The number of hydrogen-bond donors (Lipinski definition) is 0. The molecule has 2 atom stereocenters. The highest BCUT2D eigenvalue weighted by molar-refractivity contribution is 5.78. The molecular formula is C18H20N4O3. The topological polar surface area (TPSA) is 77.4 Å². The fraction of sp³-hybridized carbons (Fsp3) is 0.389. The smallest absolute Gasteiger partial charge is 0.226 e. The number of rotatable bonds is 3. The van der Waals surface area contributed by atoms with Crippen molar-refractivity contribution in [1.29, 1.82) is 0 Å². The van der Waals surface area contributed by atoms with Crippen molar-refractivity contribution in [2.45, 2.75) is 33.0 Å². The Bertz CT molecular complexity index is 849. The summed E-state index contributed by atoms with van der Waals surface area (Å²) in [5.41, 5.74) is 3.25. The molecule has 1 aliphatic rings. The Labute approximate surface area is 145 Å². The molecule has 0 aliphatic carbocycles. The summed E-state index contributed by atoms with van der Waals surface area (Å²) in [7, 11) is 0. The van der Waals surface area contributed by atoms with Crippen LogP contribution in [0.25, 0.3) is 22.6 Å². The van der Waals surface area contributed by atoms with E-state index < -0.39 is 0 Å². The molecule has 3 aromatic rings. The Balaban J connectivity index is 1.77. The van der Waals surface area contributed by atoms with Crippen molar-refractivity contribution in [1.82, 2.24) is 15.1 Å². The molecule has 3 aromatic heterocycles. The molecular weight excluding hydrogens is 320 g/mol. The number of ether oxygens (including phenoxy) is 1. The second-order valence-electron chi connectivity index (χ2n) is 6.44. The van der Waals surface area contributed by atoms with E-state index in [9.17, 15) is 0 Å². The maximum atomic E-state index is 5.80. The third-order valence-electron chi connectivity index (χ3n) is 4.17. The van der Waals surface area contributed by atoms with Crippen molar-refractivity contribution < 1.29 is 13.7 Å². The number of aryl methyl sites for hydroxylation is 1. The highest BCUT2D eigenvalue weighted by atomic mass is 16.5. The summed E-state index contributed by atoms with van der Waals surface area (Å²) in [5.74, 6) is 1.32. The molecule has 1 aliphatic heterocycles. The number of morpholine rings is 1. The van der Waals surface area contributed by atoms with Crippen LogP contribution >= 0.6 is 0 Å². The molecule has 4 rings (SSSR count). The molecule has 0 saturated carbocycles. The van der Waals surface area contributed by atoms with Gasteiger partial charge in [0, 0.05) is 30.9 Å². The molecule has 0 spiro atoms. The van der Waals surface area contributed by atoms with Gasteiger partial charge in [-0.25, -0.2) is 9.97 Å². The zero-order valence-corrected chi connectivity index (χ0v) is 14.5. The Kier molecular flexibility index (Phi) is 4.01. The van der Waals surface area contributed by atoms with Crippen LogP contribution in [0.1, 0.15) is 19.5 Å². The zero-order chi connectivity index (χ0) is 17.4. The lowest BCUT2D eigenvalue weighted by Crippen LogP contribution is -2.46. The zero-order valence-electron chi connectivity index (χ0n) is 14.5. The van der Waals surface area contributed by atoms with E-state index in [1.165, 1.54) is 0 Å². The van der Waals surface area contributed by atoms with Crippen LogP contribution in [-0.2, 0) is 4.74 Å². The minimum atomic E-state index is 0.140. The van der Waals surface area contributed by atoms with E-state index in [-0.39, 0.29) is 12.2 Å². The van der Waals surface area contributed by atoms with Crippen molar-refractivity contribution in [2.75, 3.05) is 18.0 Å². The van der Waals surface area contributed by atoms with Crippen LogP contribution in [0.2, 0.25) is 0 Å². The van der Waals surface area contributed by atoms with E-state index in [0.29, 0.717) is 11.7 Å². The summed E-state index contributed by atoms with van der Waals surface area (Å²) in [6, 6.07) is 3.75. The van der Waals surface area contributed by atoms with E-state index in [4.69, 9.17) is 18.7 Å². The van der Waals surface area contributed by atoms with E-state index in [1.54, 1.807) is 18.7 Å². The first-order valence-corrected chi connectivity index (χ1v) is 8.34. The van der Waals surface area contributed by atoms with Crippen LogP contribution in [-0.4, -0.2) is 40.4 Å². The highest BCUT2D eigenvalue weighted by Crippen LogP contribution is 2.32. The number of hydrogen-bond acceptors (Lipinski definition) is 7. The van der Waals surface area contributed by atoms with Gasteiger partial charge in [-0.2, -0.15) is 0 Å². The summed E-state index contributed by atoms with van der Waals surface area (Å²) in [6.45, 7) is 7.53. The lowest BCUT2D eigenvalue weighted by Gasteiger charge is -2.35. The quantitative estimate of drug-likeness (QED) is 0.724. The molecule has 0 N–H and O–H groups in total. The summed E-state index contributed by atoms with van der Waals surface area (Å²) < 4.78 is 16.5. The lowest BCUT2D eigenvalue weighted by molar-refractivity contribution is -0.00571. The fourth-order valence-electron chi connectivity index (χ4n) is 3.16. The van der Waals surface area contributed by atoms with E-state index in [2.05, 4.69) is 28.9 Å². The lowest BCUT2D eigenvalue weighted by atomic mass is 10.1. The molecule has 25 heavy (non-hydrogen) atoms. The van der Waals surface area contributed by atoms with Gasteiger partial charge in [-0.3, -0.25) is 0 Å². The highest BCUT2D eigenvalue weighted by Gasteiger charge is 2.25. The molecule has 1 fully saturated rings. The van der Waals surface area contributed by atoms with Crippen LogP contribution in [0.4, 0.5) is 5.95 Å². The summed E-state index contributed by atoms with van der Waals surface area (Å²) in [5, 5.41) is 3.97. The number of nitrogens with zero attached hydrogens (tertiary/aromatic N) is 4. The molecule has 4 heterocycles. The number of aromatic nitrogens is 3. The molecule has 0 unspecified atom stereocenters. The Hall–Kier alpha value is -2.67. The van der Waals surface area contributed by atoms with E-state index in [1.807, 2.05) is 19.1 Å². The van der Waals surface area contributed by atoms with Gasteiger partial charge in [-0.05, 0) is 26.8 Å². The van der Waals surface area contributed by atoms with Crippen molar-refractivity contribution >= 4 is 5.95 Å². The monoisotopic (exact) mass is 340 g/mol. The Morgan fingerprint density at radius 3 is 2.64 bits per heavy atom. The average molecular weight is 340 g/mol. The van der Waals surface area contributed by atoms with E-state index in [0.717, 1.165) is 35.6 Å². The molecule has 0 aromatic carbocycles. The summed E-state index contributed by atoms with van der Waals surface area (Å²) >= 11 is 0. The van der Waals surface area contributed by atoms with Crippen LogP contribution < -0.4 is 4.90 Å². The molecule has 1 saturated heterocycles. The van der Waals surface area contributed by atoms with Gasteiger partial charge in [-0.1, -0.05) is 5.16 Å². The van der Waals surface area contributed by atoms with Crippen LogP contribution in [0, 0.1) is 6.92 Å². The maximum Gasteiger partial charge on any atom is 0.226 e. The predicted molar refractivity (Wildman–Crippen MR) is 92.2 cm³/mol. The van der Waals surface area contributed by atoms with Gasteiger partial charge in [-0.15, -0.1) is 0 Å². The molecule has 0 radical (unpaired) electrons. The molecule has 7 nitrogen and oxygen atoms in total. The van der Waals surface area contributed by atoms with Gasteiger partial charge in [0.15, 0.2) is 5.76 Å². The Morgan fingerprint density at radius 1 is 1.20 bits per heavy atom. The third kappa shape index (κ3) is 3.15. The Morgan fingerprint density at radius 2 is 2.00 bits per heavy atom. The molecule has 130 valence electrons. The van der Waals surface area contributed by atoms with Gasteiger partial charge < -0.3 is 18.6 Å². The second kappa shape index (κ2) is 6.33. The van der Waals surface area contributed by atoms with Gasteiger partial charge in [0.25, 0.3) is 0 Å². The molecule has 7 heteroatoms. The van der Waals surface area contributed by atoms with Gasteiger partial charge in [0.05, 0.1) is 41.7 Å². The largest absolute Gasteiger partial charge is 0.472 e. The normalized spacial score (nSPS) is 20.8. The number of furan rings is 1. The van der Waals surface area contributed by atoms with Crippen molar-refractivity contribution in [3.05, 3.63) is 36.5 Å². The minimum absolute atomic E-state index is 0.140. The first kappa shape index (κ1) is 15.8.